The Morgan fingerprint density at radius 3 is 2.24 bits per heavy atom. The van der Waals surface area contributed by atoms with Crippen LogP contribution in [0.25, 0.3) is 0 Å². The lowest BCUT2D eigenvalue weighted by Crippen LogP contribution is -2.19. The van der Waals surface area contributed by atoms with Gasteiger partial charge in [-0.3, -0.25) is 0 Å². The van der Waals surface area contributed by atoms with E-state index in [1.54, 1.807) is 30.3 Å². The maximum atomic E-state index is 11.8. The van der Waals surface area contributed by atoms with Crippen molar-refractivity contribution in [1.29, 1.82) is 10.5 Å². The fourth-order valence-corrected chi connectivity index (χ4v) is 1.72. The highest BCUT2D eigenvalue weighted by Gasteiger charge is 2.06. The predicted molar refractivity (Wildman–Crippen MR) is 79.4 cm³/mol. The van der Waals surface area contributed by atoms with Gasteiger partial charge in [0.1, 0.15) is 12.1 Å². The zero-order valence-corrected chi connectivity index (χ0v) is 10.9. The Morgan fingerprint density at radius 1 is 0.952 bits per heavy atom. The van der Waals surface area contributed by atoms with Gasteiger partial charge in [0.05, 0.1) is 11.1 Å². The standard InChI is InChI=1S/C15H11N5O/c16-8-10-4-5-14(6-11(10)9-17)20-15(21)19-13-3-1-2-12(18)7-13/h1-7H,18H2,(H2,19,20,21). The topological polar surface area (TPSA) is 115 Å². The summed E-state index contributed by atoms with van der Waals surface area (Å²) >= 11 is 0. The minimum atomic E-state index is -0.464. The molecule has 0 aliphatic heterocycles. The van der Waals surface area contributed by atoms with Crippen molar-refractivity contribution >= 4 is 23.1 Å². The molecule has 2 aromatic carbocycles. The molecular weight excluding hydrogens is 266 g/mol. The van der Waals surface area contributed by atoms with E-state index in [0.717, 1.165) is 0 Å². The van der Waals surface area contributed by atoms with Crippen molar-refractivity contribution in [2.24, 2.45) is 0 Å². The zero-order chi connectivity index (χ0) is 15.2. The molecule has 4 N–H and O–H groups in total. The number of nitrogens with zero attached hydrogens (tertiary/aromatic N) is 2. The summed E-state index contributed by atoms with van der Waals surface area (Å²) in [6.07, 6.45) is 0. The molecule has 0 saturated heterocycles. The highest BCUT2D eigenvalue weighted by Crippen LogP contribution is 2.16. The number of nitrogen functional groups attached to an aromatic ring is 1. The van der Waals surface area contributed by atoms with Gasteiger partial charge >= 0.3 is 6.03 Å². The van der Waals surface area contributed by atoms with Gasteiger partial charge in [-0.2, -0.15) is 10.5 Å². The molecule has 0 aliphatic carbocycles. The third kappa shape index (κ3) is 3.49. The second-order valence-corrected chi connectivity index (χ2v) is 4.19. The first-order valence-electron chi connectivity index (χ1n) is 6.00. The minimum absolute atomic E-state index is 0.208. The van der Waals surface area contributed by atoms with Gasteiger partial charge in [0.15, 0.2) is 0 Å². The minimum Gasteiger partial charge on any atom is -0.399 e. The summed E-state index contributed by atoms with van der Waals surface area (Å²) < 4.78 is 0. The number of hydrogen-bond acceptors (Lipinski definition) is 4. The largest absolute Gasteiger partial charge is 0.399 e. The van der Waals surface area contributed by atoms with E-state index < -0.39 is 6.03 Å². The maximum Gasteiger partial charge on any atom is 0.323 e. The molecule has 2 rings (SSSR count). The van der Waals surface area contributed by atoms with Crippen molar-refractivity contribution in [3.63, 3.8) is 0 Å². The summed E-state index contributed by atoms with van der Waals surface area (Å²) in [6.45, 7) is 0. The molecule has 0 aliphatic rings. The molecule has 0 heterocycles. The Balaban J connectivity index is 2.10. The SMILES string of the molecule is N#Cc1ccc(NC(=O)Nc2cccc(N)c2)cc1C#N. The van der Waals surface area contributed by atoms with Crippen molar-refractivity contribution < 1.29 is 4.79 Å². The molecule has 6 nitrogen and oxygen atoms in total. The highest BCUT2D eigenvalue weighted by atomic mass is 16.2. The molecular formula is C15H11N5O. The number of amides is 2. The van der Waals surface area contributed by atoms with Crippen molar-refractivity contribution in [3.05, 3.63) is 53.6 Å². The van der Waals surface area contributed by atoms with Gasteiger partial charge in [-0.15, -0.1) is 0 Å². The van der Waals surface area contributed by atoms with Crippen LogP contribution in [0.4, 0.5) is 21.9 Å². The third-order valence-corrected chi connectivity index (χ3v) is 2.66. The normalized spacial score (nSPS) is 9.24. The predicted octanol–water partition coefficient (Wildman–Crippen LogP) is 2.66. The van der Waals surface area contributed by atoms with E-state index in [1.807, 2.05) is 12.1 Å². The molecule has 6 heteroatoms. The van der Waals surface area contributed by atoms with Crippen molar-refractivity contribution in [1.82, 2.24) is 0 Å². The van der Waals surface area contributed by atoms with E-state index in [1.165, 1.54) is 12.1 Å². The van der Waals surface area contributed by atoms with E-state index >= 15 is 0 Å². The molecule has 0 unspecified atom stereocenters. The van der Waals surface area contributed by atoms with Gasteiger partial charge < -0.3 is 16.4 Å². The fourth-order valence-electron chi connectivity index (χ4n) is 1.72. The molecule has 0 spiro atoms. The average Bonchev–Trinajstić information content (AvgIpc) is 2.47. The van der Waals surface area contributed by atoms with E-state index in [9.17, 15) is 4.79 Å². The van der Waals surface area contributed by atoms with Crippen molar-refractivity contribution in [2.45, 2.75) is 0 Å². The number of rotatable bonds is 2. The van der Waals surface area contributed by atoms with Crippen LogP contribution in [0.5, 0.6) is 0 Å². The van der Waals surface area contributed by atoms with Crippen molar-refractivity contribution in [3.8, 4) is 12.1 Å². The van der Waals surface area contributed by atoms with Crippen LogP contribution in [-0.4, -0.2) is 6.03 Å². The van der Waals surface area contributed by atoms with Crippen LogP contribution < -0.4 is 16.4 Å². The third-order valence-electron chi connectivity index (χ3n) is 2.66. The Hall–Kier alpha value is -3.51. The molecule has 102 valence electrons. The lowest BCUT2D eigenvalue weighted by Gasteiger charge is -2.08. The Labute approximate surface area is 121 Å². The van der Waals surface area contributed by atoms with E-state index in [4.69, 9.17) is 16.3 Å². The number of carbonyl (C=O) groups excluding carboxylic acids is 1. The molecule has 2 amide bonds. The Bertz CT molecular complexity index is 770. The summed E-state index contributed by atoms with van der Waals surface area (Å²) in [6, 6.07) is 14.6. The van der Waals surface area contributed by atoms with Crippen LogP contribution in [-0.2, 0) is 0 Å². The first kappa shape index (κ1) is 13.9. The monoisotopic (exact) mass is 277 g/mol. The number of carbonyl (C=O) groups is 1. The van der Waals surface area contributed by atoms with Crippen molar-refractivity contribution in [2.75, 3.05) is 16.4 Å². The molecule has 21 heavy (non-hydrogen) atoms. The zero-order valence-electron chi connectivity index (χ0n) is 10.9. The van der Waals surface area contributed by atoms with Crippen LogP contribution >= 0.6 is 0 Å². The fraction of sp³-hybridized carbons (Fsp3) is 0. The maximum absolute atomic E-state index is 11.8. The van der Waals surface area contributed by atoms with E-state index in [2.05, 4.69) is 10.6 Å². The summed E-state index contributed by atoms with van der Waals surface area (Å²) in [5.41, 5.74) is 7.61. The van der Waals surface area contributed by atoms with Gasteiger partial charge in [0.2, 0.25) is 0 Å². The van der Waals surface area contributed by atoms with Crippen LogP contribution in [0.2, 0.25) is 0 Å². The number of benzene rings is 2. The first-order valence-corrected chi connectivity index (χ1v) is 6.00. The number of anilines is 3. The van der Waals surface area contributed by atoms with E-state index in [0.29, 0.717) is 17.1 Å². The number of nitrogens with one attached hydrogen (secondary N) is 2. The molecule has 0 bridgehead atoms. The molecule has 0 fully saturated rings. The van der Waals surface area contributed by atoms with Crippen LogP contribution in [0.15, 0.2) is 42.5 Å². The summed E-state index contributed by atoms with van der Waals surface area (Å²) in [5, 5.41) is 23.0. The van der Waals surface area contributed by atoms with Gasteiger partial charge in [-0.05, 0) is 36.4 Å². The quantitative estimate of drug-likeness (QED) is 0.732. The van der Waals surface area contributed by atoms with Gasteiger partial charge in [-0.1, -0.05) is 6.07 Å². The van der Waals surface area contributed by atoms with Crippen LogP contribution in [0.1, 0.15) is 11.1 Å². The molecule has 2 aromatic rings. The average molecular weight is 277 g/mol. The molecule has 0 atom stereocenters. The van der Waals surface area contributed by atoms with E-state index in [-0.39, 0.29) is 11.1 Å². The molecule has 0 aromatic heterocycles. The lowest BCUT2D eigenvalue weighted by molar-refractivity contribution is 0.262. The van der Waals surface area contributed by atoms with Crippen LogP contribution in [0, 0.1) is 22.7 Å². The smallest absolute Gasteiger partial charge is 0.323 e. The number of urea groups is 1. The van der Waals surface area contributed by atoms with Crippen LogP contribution in [0.3, 0.4) is 0 Å². The Morgan fingerprint density at radius 2 is 1.62 bits per heavy atom. The Kier molecular flexibility index (Phi) is 4.03. The summed E-state index contributed by atoms with van der Waals surface area (Å²) in [4.78, 5) is 11.8. The number of nitriles is 2. The first-order chi connectivity index (χ1) is 10.1. The molecule has 0 radical (unpaired) electrons. The summed E-state index contributed by atoms with van der Waals surface area (Å²) in [5.74, 6) is 0. The number of hydrogen-bond donors (Lipinski definition) is 3. The van der Waals surface area contributed by atoms with Gasteiger partial charge in [-0.25, -0.2) is 4.79 Å². The lowest BCUT2D eigenvalue weighted by atomic mass is 10.1. The second kappa shape index (κ2) is 6.09. The van der Waals surface area contributed by atoms with Gasteiger partial charge in [0, 0.05) is 17.1 Å². The second-order valence-electron chi connectivity index (χ2n) is 4.19. The molecule has 0 saturated carbocycles. The van der Waals surface area contributed by atoms with Gasteiger partial charge in [0.25, 0.3) is 0 Å². The highest BCUT2D eigenvalue weighted by molar-refractivity contribution is 6.00. The summed E-state index contributed by atoms with van der Waals surface area (Å²) in [7, 11) is 0. The number of nitrogens with two attached hydrogens (primary N) is 1.